The van der Waals surface area contributed by atoms with Gasteiger partial charge in [-0.2, -0.15) is 0 Å². The van der Waals surface area contributed by atoms with Crippen LogP contribution in [0.1, 0.15) is 11.3 Å². The fourth-order valence-corrected chi connectivity index (χ4v) is 1.53. The fraction of sp³-hybridized carbons (Fsp3) is 0.167. The minimum absolute atomic E-state index is 0.886. The summed E-state index contributed by atoms with van der Waals surface area (Å²) < 4.78 is 5.28. The van der Waals surface area contributed by atoms with Gasteiger partial charge in [0.1, 0.15) is 5.75 Å². The predicted octanol–water partition coefficient (Wildman–Crippen LogP) is 2.61. The van der Waals surface area contributed by atoms with Crippen LogP contribution in [-0.4, -0.2) is 12.1 Å². The molecule has 14 heavy (non-hydrogen) atoms. The Bertz CT molecular complexity index is 392. The molecule has 0 amide bonds. The standard InChI is InChI=1S/C12H13NO/c1-14-12-7-3-2-5-10(12)9-11-6-4-8-13-11/h2-8,13H,9H2,1H3. The van der Waals surface area contributed by atoms with Gasteiger partial charge in [-0.25, -0.2) is 0 Å². The molecule has 1 N–H and O–H groups in total. The highest BCUT2D eigenvalue weighted by molar-refractivity contribution is 5.36. The minimum atomic E-state index is 0.886. The van der Waals surface area contributed by atoms with Crippen LogP contribution >= 0.6 is 0 Å². The van der Waals surface area contributed by atoms with Crippen LogP contribution in [0.5, 0.6) is 5.75 Å². The van der Waals surface area contributed by atoms with E-state index in [9.17, 15) is 0 Å². The van der Waals surface area contributed by atoms with Crippen LogP contribution in [0, 0.1) is 0 Å². The van der Waals surface area contributed by atoms with E-state index in [0.717, 1.165) is 12.2 Å². The highest BCUT2D eigenvalue weighted by Gasteiger charge is 2.02. The smallest absolute Gasteiger partial charge is 0.122 e. The summed E-state index contributed by atoms with van der Waals surface area (Å²) in [6.07, 6.45) is 2.82. The summed E-state index contributed by atoms with van der Waals surface area (Å²) in [5, 5.41) is 0. The van der Waals surface area contributed by atoms with Crippen LogP contribution in [-0.2, 0) is 6.42 Å². The average molecular weight is 187 g/mol. The number of hydrogen-bond acceptors (Lipinski definition) is 1. The third-order valence-corrected chi connectivity index (χ3v) is 2.24. The summed E-state index contributed by atoms with van der Waals surface area (Å²) in [5.41, 5.74) is 2.41. The van der Waals surface area contributed by atoms with E-state index in [1.807, 2.05) is 30.5 Å². The van der Waals surface area contributed by atoms with Gasteiger partial charge in [-0.3, -0.25) is 0 Å². The zero-order valence-electron chi connectivity index (χ0n) is 8.16. The zero-order valence-corrected chi connectivity index (χ0v) is 8.16. The maximum atomic E-state index is 5.28. The van der Waals surface area contributed by atoms with Crippen molar-refractivity contribution in [2.45, 2.75) is 6.42 Å². The molecule has 2 heteroatoms. The van der Waals surface area contributed by atoms with Gasteiger partial charge in [0.05, 0.1) is 7.11 Å². The summed E-state index contributed by atoms with van der Waals surface area (Å²) in [6, 6.07) is 12.2. The van der Waals surface area contributed by atoms with E-state index in [0.29, 0.717) is 0 Å². The van der Waals surface area contributed by atoms with Crippen LogP contribution in [0.2, 0.25) is 0 Å². The Labute approximate surface area is 83.5 Å². The van der Waals surface area contributed by atoms with Gasteiger partial charge in [0, 0.05) is 18.3 Å². The first-order valence-corrected chi connectivity index (χ1v) is 4.64. The molecule has 2 aromatic rings. The number of nitrogens with one attached hydrogen (secondary N) is 1. The third kappa shape index (κ3) is 1.79. The van der Waals surface area contributed by atoms with Crippen molar-refractivity contribution in [1.82, 2.24) is 4.98 Å². The molecule has 0 aliphatic heterocycles. The van der Waals surface area contributed by atoms with Crippen molar-refractivity contribution in [3.8, 4) is 5.75 Å². The van der Waals surface area contributed by atoms with E-state index in [1.54, 1.807) is 7.11 Å². The first-order valence-electron chi connectivity index (χ1n) is 4.64. The lowest BCUT2D eigenvalue weighted by Crippen LogP contribution is -1.93. The van der Waals surface area contributed by atoms with Crippen molar-refractivity contribution in [1.29, 1.82) is 0 Å². The second kappa shape index (κ2) is 4.01. The van der Waals surface area contributed by atoms with Crippen molar-refractivity contribution in [2.24, 2.45) is 0 Å². The Hall–Kier alpha value is -1.70. The van der Waals surface area contributed by atoms with E-state index in [1.165, 1.54) is 11.3 Å². The molecule has 2 rings (SSSR count). The predicted molar refractivity (Wildman–Crippen MR) is 56.6 cm³/mol. The van der Waals surface area contributed by atoms with Crippen LogP contribution in [0.15, 0.2) is 42.6 Å². The van der Waals surface area contributed by atoms with Crippen molar-refractivity contribution in [3.63, 3.8) is 0 Å². The molecular weight excluding hydrogens is 174 g/mol. The van der Waals surface area contributed by atoms with Gasteiger partial charge in [0.2, 0.25) is 0 Å². The lowest BCUT2D eigenvalue weighted by atomic mass is 10.1. The molecule has 0 spiro atoms. The first-order chi connectivity index (χ1) is 6.90. The number of H-pyrrole nitrogens is 1. The molecule has 0 aliphatic rings. The number of ether oxygens (including phenoxy) is 1. The summed E-state index contributed by atoms with van der Waals surface area (Å²) in [7, 11) is 1.70. The Balaban J connectivity index is 2.24. The van der Waals surface area contributed by atoms with Crippen molar-refractivity contribution >= 4 is 0 Å². The van der Waals surface area contributed by atoms with E-state index in [-0.39, 0.29) is 0 Å². The molecule has 0 atom stereocenters. The Kier molecular flexibility index (Phi) is 2.54. The monoisotopic (exact) mass is 187 g/mol. The number of benzene rings is 1. The number of hydrogen-bond donors (Lipinski definition) is 1. The second-order valence-corrected chi connectivity index (χ2v) is 3.18. The summed E-state index contributed by atoms with van der Waals surface area (Å²) >= 11 is 0. The highest BCUT2D eigenvalue weighted by Crippen LogP contribution is 2.19. The van der Waals surface area contributed by atoms with Gasteiger partial charge in [-0.05, 0) is 23.8 Å². The number of aromatic amines is 1. The minimum Gasteiger partial charge on any atom is -0.496 e. The summed E-state index contributed by atoms with van der Waals surface area (Å²) in [6.45, 7) is 0. The van der Waals surface area contributed by atoms with Crippen molar-refractivity contribution in [3.05, 3.63) is 53.9 Å². The molecule has 0 bridgehead atoms. The Morgan fingerprint density at radius 2 is 2.00 bits per heavy atom. The van der Waals surface area contributed by atoms with Gasteiger partial charge in [0.15, 0.2) is 0 Å². The second-order valence-electron chi connectivity index (χ2n) is 3.18. The van der Waals surface area contributed by atoms with Gasteiger partial charge in [-0.15, -0.1) is 0 Å². The lowest BCUT2D eigenvalue weighted by Gasteiger charge is -2.06. The molecule has 1 heterocycles. The summed E-state index contributed by atoms with van der Waals surface area (Å²) in [5.74, 6) is 0.946. The van der Waals surface area contributed by atoms with E-state index in [2.05, 4.69) is 17.1 Å². The normalized spacial score (nSPS) is 10.1. The van der Waals surface area contributed by atoms with E-state index >= 15 is 0 Å². The summed E-state index contributed by atoms with van der Waals surface area (Å²) in [4.78, 5) is 3.18. The molecule has 72 valence electrons. The lowest BCUT2D eigenvalue weighted by molar-refractivity contribution is 0.410. The molecule has 2 nitrogen and oxygen atoms in total. The van der Waals surface area contributed by atoms with Crippen molar-refractivity contribution < 1.29 is 4.74 Å². The molecule has 0 radical (unpaired) electrons. The SMILES string of the molecule is COc1ccccc1Cc1ccc[nH]1. The third-order valence-electron chi connectivity index (χ3n) is 2.24. The highest BCUT2D eigenvalue weighted by atomic mass is 16.5. The Morgan fingerprint density at radius 1 is 1.14 bits per heavy atom. The van der Waals surface area contributed by atoms with Gasteiger partial charge < -0.3 is 9.72 Å². The quantitative estimate of drug-likeness (QED) is 0.785. The van der Waals surface area contributed by atoms with Gasteiger partial charge >= 0.3 is 0 Å². The molecule has 0 saturated carbocycles. The molecule has 1 aromatic heterocycles. The topological polar surface area (TPSA) is 25.0 Å². The van der Waals surface area contributed by atoms with Gasteiger partial charge in [0.25, 0.3) is 0 Å². The largest absolute Gasteiger partial charge is 0.496 e. The van der Waals surface area contributed by atoms with Crippen LogP contribution in [0.3, 0.4) is 0 Å². The van der Waals surface area contributed by atoms with E-state index in [4.69, 9.17) is 4.74 Å². The molecule has 0 unspecified atom stereocenters. The van der Waals surface area contributed by atoms with Crippen LogP contribution in [0.4, 0.5) is 0 Å². The van der Waals surface area contributed by atoms with Crippen LogP contribution in [0.25, 0.3) is 0 Å². The zero-order chi connectivity index (χ0) is 9.80. The van der Waals surface area contributed by atoms with Crippen LogP contribution < -0.4 is 4.74 Å². The fourth-order valence-electron chi connectivity index (χ4n) is 1.53. The molecule has 1 aromatic carbocycles. The molecule has 0 fully saturated rings. The average Bonchev–Trinajstić information content (AvgIpc) is 2.71. The van der Waals surface area contributed by atoms with E-state index < -0.39 is 0 Å². The number of aromatic nitrogens is 1. The number of para-hydroxylation sites is 1. The number of rotatable bonds is 3. The molecule has 0 saturated heterocycles. The maximum Gasteiger partial charge on any atom is 0.122 e. The molecule has 0 aliphatic carbocycles. The molecular formula is C12H13NO. The van der Waals surface area contributed by atoms with Gasteiger partial charge in [-0.1, -0.05) is 18.2 Å². The number of methoxy groups -OCH3 is 1. The Morgan fingerprint density at radius 3 is 2.71 bits per heavy atom. The van der Waals surface area contributed by atoms with Crippen molar-refractivity contribution in [2.75, 3.05) is 7.11 Å². The first kappa shape index (κ1) is 8.88. The maximum absolute atomic E-state index is 5.28.